The second kappa shape index (κ2) is 11.4. The maximum atomic E-state index is 14.2. The van der Waals surface area contributed by atoms with Crippen molar-refractivity contribution in [2.75, 3.05) is 43.8 Å². The van der Waals surface area contributed by atoms with E-state index < -0.39 is 30.1 Å². The Hall–Kier alpha value is -4.10. The van der Waals surface area contributed by atoms with Crippen LogP contribution in [0.3, 0.4) is 0 Å². The Morgan fingerprint density at radius 2 is 1.93 bits per heavy atom. The molecule has 1 N–H and O–H groups in total. The molecule has 3 heterocycles. The molecule has 218 valence electrons. The summed E-state index contributed by atoms with van der Waals surface area (Å²) in [4.78, 5) is 45.0. The van der Waals surface area contributed by atoms with Gasteiger partial charge in [-0.1, -0.05) is 18.2 Å². The normalized spacial score (nSPS) is 19.0. The Labute approximate surface area is 233 Å². The molecule has 5 rings (SSSR count). The summed E-state index contributed by atoms with van der Waals surface area (Å²) in [6, 6.07) is 9.75. The number of nitrogens with one attached hydrogen (secondary N) is 1. The lowest BCUT2D eigenvalue weighted by Crippen LogP contribution is -2.51. The Morgan fingerprint density at radius 3 is 2.61 bits per heavy atom. The van der Waals surface area contributed by atoms with E-state index in [9.17, 15) is 27.6 Å². The van der Waals surface area contributed by atoms with Crippen molar-refractivity contribution in [1.29, 1.82) is 0 Å². The van der Waals surface area contributed by atoms with Crippen molar-refractivity contribution in [3.63, 3.8) is 0 Å². The van der Waals surface area contributed by atoms with Gasteiger partial charge in [0.25, 0.3) is 5.91 Å². The molecule has 0 saturated carbocycles. The number of para-hydroxylation sites is 1. The van der Waals surface area contributed by atoms with Gasteiger partial charge in [-0.25, -0.2) is 9.59 Å². The molecule has 0 aliphatic carbocycles. The number of anilines is 2. The molecule has 13 heteroatoms. The molecule has 0 radical (unpaired) electrons. The number of ether oxygens (including phenoxy) is 2. The number of benzene rings is 2. The molecule has 0 spiro atoms. The number of aromatic nitrogens is 1. The molecule has 0 bridgehead atoms. The van der Waals surface area contributed by atoms with E-state index in [2.05, 4.69) is 5.32 Å². The van der Waals surface area contributed by atoms with E-state index in [4.69, 9.17) is 14.3 Å². The molecule has 2 atom stereocenters. The molecule has 1 amide bonds. The number of amides is 1. The predicted octanol–water partition coefficient (Wildman–Crippen LogP) is 3.74. The second-order valence-electron chi connectivity index (χ2n) is 9.78. The fourth-order valence-corrected chi connectivity index (χ4v) is 5.28. The first kappa shape index (κ1) is 28.4. The fraction of sp³-hybridized carbons (Fsp3) is 0.393. The molecule has 10 nitrogen and oxygen atoms in total. The highest BCUT2D eigenvalue weighted by Gasteiger charge is 2.48. The van der Waals surface area contributed by atoms with Gasteiger partial charge in [0.1, 0.15) is 5.69 Å². The number of hydrogen-bond donors (Lipinski definition) is 1. The van der Waals surface area contributed by atoms with Gasteiger partial charge >= 0.3 is 18.1 Å². The highest BCUT2D eigenvalue weighted by atomic mass is 19.4. The van der Waals surface area contributed by atoms with Gasteiger partial charge in [-0.15, -0.1) is 0 Å². The van der Waals surface area contributed by atoms with Crippen LogP contribution in [0, 0.1) is 0 Å². The zero-order chi connectivity index (χ0) is 29.3. The predicted molar refractivity (Wildman–Crippen MR) is 142 cm³/mol. The number of hydroxylamine groups is 1. The molecule has 41 heavy (non-hydrogen) atoms. The summed E-state index contributed by atoms with van der Waals surface area (Å²) in [5, 5.41) is 4.26. The van der Waals surface area contributed by atoms with Gasteiger partial charge in [-0.3, -0.25) is 4.79 Å². The van der Waals surface area contributed by atoms with Crippen molar-refractivity contribution in [3.05, 3.63) is 59.8 Å². The standard InChI is InChI=1S/C28H29F3N4O6/c1-32-11-12-34-23-14-17(26(37)39-2)9-10-22(23)35(41-27(38)28(29,30)31)24(25(34)36)20-16-33(15-18-6-5-13-40-18)21-8-4-3-7-19(20)21/h3-4,7-10,14,16,18,24,32H,5-6,11-13,15H2,1-2H3. The number of likely N-dealkylation sites (N-methyl/N-ethyl adjacent to an activating group) is 1. The fourth-order valence-electron chi connectivity index (χ4n) is 5.28. The van der Waals surface area contributed by atoms with E-state index in [0.717, 1.165) is 18.4 Å². The van der Waals surface area contributed by atoms with Crippen LogP contribution in [0.5, 0.6) is 0 Å². The van der Waals surface area contributed by atoms with Crippen LogP contribution in [0.1, 0.15) is 34.8 Å². The number of halogens is 3. The minimum atomic E-state index is -5.32. The largest absolute Gasteiger partial charge is 0.493 e. The van der Waals surface area contributed by atoms with Gasteiger partial charge in [0.15, 0.2) is 6.04 Å². The third-order valence-electron chi connectivity index (χ3n) is 7.20. The van der Waals surface area contributed by atoms with Gasteiger partial charge in [-0.05, 0) is 44.2 Å². The molecule has 2 aliphatic heterocycles. The van der Waals surface area contributed by atoms with Crippen LogP contribution in [0.2, 0.25) is 0 Å². The third-order valence-corrected chi connectivity index (χ3v) is 7.20. The lowest BCUT2D eigenvalue weighted by Gasteiger charge is -2.41. The van der Waals surface area contributed by atoms with E-state index >= 15 is 0 Å². The number of rotatable bonds is 8. The average molecular weight is 575 g/mol. The van der Waals surface area contributed by atoms with E-state index in [1.54, 1.807) is 25.4 Å². The van der Waals surface area contributed by atoms with Crippen LogP contribution >= 0.6 is 0 Å². The molecular formula is C28H29F3N4O6. The van der Waals surface area contributed by atoms with Crippen LogP contribution < -0.4 is 15.3 Å². The van der Waals surface area contributed by atoms with Crippen LogP contribution in [0.4, 0.5) is 24.5 Å². The average Bonchev–Trinajstić information content (AvgIpc) is 3.60. The molecule has 2 aromatic carbocycles. The molecule has 2 aliphatic rings. The highest BCUT2D eigenvalue weighted by Crippen LogP contribution is 2.45. The van der Waals surface area contributed by atoms with Gasteiger partial charge in [0.2, 0.25) is 0 Å². The van der Waals surface area contributed by atoms with Crippen molar-refractivity contribution < 1.29 is 41.9 Å². The number of fused-ring (bicyclic) bond motifs is 2. The van der Waals surface area contributed by atoms with Crippen molar-refractivity contribution in [1.82, 2.24) is 9.88 Å². The summed E-state index contributed by atoms with van der Waals surface area (Å²) < 4.78 is 52.9. The number of carbonyl (C=O) groups excluding carboxylic acids is 3. The van der Waals surface area contributed by atoms with Crippen molar-refractivity contribution in [2.45, 2.75) is 37.7 Å². The quantitative estimate of drug-likeness (QED) is 0.406. The first-order valence-corrected chi connectivity index (χ1v) is 13.1. The minimum Gasteiger partial charge on any atom is -0.465 e. The number of nitrogens with zero attached hydrogens (tertiary/aromatic N) is 3. The van der Waals surface area contributed by atoms with E-state index in [1.807, 2.05) is 16.7 Å². The number of methoxy groups -OCH3 is 1. The summed E-state index contributed by atoms with van der Waals surface area (Å²) in [6.07, 6.45) is -1.90. The first-order chi connectivity index (χ1) is 19.6. The number of hydrogen-bond acceptors (Lipinski definition) is 8. The van der Waals surface area contributed by atoms with Gasteiger partial charge in [0.05, 0.1) is 24.5 Å². The van der Waals surface area contributed by atoms with E-state index in [-0.39, 0.29) is 29.6 Å². The Bertz CT molecular complexity index is 1470. The lowest BCUT2D eigenvalue weighted by molar-refractivity contribution is -0.202. The lowest BCUT2D eigenvalue weighted by atomic mass is 9.99. The van der Waals surface area contributed by atoms with E-state index in [0.29, 0.717) is 35.7 Å². The zero-order valence-electron chi connectivity index (χ0n) is 22.4. The number of carbonyl (C=O) groups is 3. The molecule has 2 unspecified atom stereocenters. The Balaban J connectivity index is 1.69. The van der Waals surface area contributed by atoms with Crippen LogP contribution in [0.15, 0.2) is 48.7 Å². The molecule has 1 saturated heterocycles. The maximum Gasteiger partial charge on any atom is 0.493 e. The summed E-state index contributed by atoms with van der Waals surface area (Å²) in [6.45, 7) is 1.58. The number of esters is 1. The number of alkyl halides is 3. The molecular weight excluding hydrogens is 545 g/mol. The maximum absolute atomic E-state index is 14.2. The van der Waals surface area contributed by atoms with Gasteiger partial charge in [-0.2, -0.15) is 18.2 Å². The van der Waals surface area contributed by atoms with Crippen molar-refractivity contribution in [2.24, 2.45) is 0 Å². The summed E-state index contributed by atoms with van der Waals surface area (Å²) in [7, 11) is 2.87. The topological polar surface area (TPSA) is 102 Å². The van der Waals surface area contributed by atoms with Gasteiger partial charge < -0.3 is 29.1 Å². The van der Waals surface area contributed by atoms with Crippen LogP contribution in [-0.4, -0.2) is 68.5 Å². The highest BCUT2D eigenvalue weighted by molar-refractivity contribution is 6.09. The first-order valence-electron chi connectivity index (χ1n) is 13.1. The van der Waals surface area contributed by atoms with Crippen LogP contribution in [-0.2, 0) is 30.4 Å². The van der Waals surface area contributed by atoms with Crippen LogP contribution in [0.25, 0.3) is 10.9 Å². The Kier molecular flexibility index (Phi) is 7.91. The molecule has 3 aromatic rings. The SMILES string of the molecule is CNCCN1C(=O)C(c2cn(CC3CCCO3)c3ccccc23)N(OC(=O)C(F)(F)F)c2ccc(C(=O)OC)cc21. The van der Waals surface area contributed by atoms with Crippen molar-refractivity contribution in [3.8, 4) is 0 Å². The smallest absolute Gasteiger partial charge is 0.465 e. The second-order valence-corrected chi connectivity index (χ2v) is 9.78. The third kappa shape index (κ3) is 5.46. The minimum absolute atomic E-state index is 0.00640. The zero-order valence-corrected chi connectivity index (χ0v) is 22.4. The monoisotopic (exact) mass is 574 g/mol. The van der Waals surface area contributed by atoms with Crippen molar-refractivity contribution >= 4 is 40.1 Å². The summed E-state index contributed by atoms with van der Waals surface area (Å²) in [5.74, 6) is -3.82. The molecule has 1 aromatic heterocycles. The summed E-state index contributed by atoms with van der Waals surface area (Å²) >= 11 is 0. The van der Waals surface area contributed by atoms with E-state index in [1.165, 1.54) is 30.2 Å². The summed E-state index contributed by atoms with van der Waals surface area (Å²) in [5.41, 5.74) is 1.29. The molecule has 1 fully saturated rings. The van der Waals surface area contributed by atoms with Gasteiger partial charge in [0, 0.05) is 48.9 Å². The Morgan fingerprint density at radius 1 is 1.15 bits per heavy atom.